The summed E-state index contributed by atoms with van der Waals surface area (Å²) in [6, 6.07) is 10.4. The van der Waals surface area contributed by atoms with Crippen LogP contribution in [0.15, 0.2) is 52.2 Å². The van der Waals surface area contributed by atoms with Gasteiger partial charge in [0.05, 0.1) is 6.26 Å². The molecule has 6 heteroatoms. The molecule has 1 unspecified atom stereocenters. The van der Waals surface area contributed by atoms with Gasteiger partial charge >= 0.3 is 0 Å². The van der Waals surface area contributed by atoms with Gasteiger partial charge in [-0.2, -0.15) is 0 Å². The first kappa shape index (κ1) is 18.3. The molecule has 26 heavy (non-hydrogen) atoms. The summed E-state index contributed by atoms with van der Waals surface area (Å²) in [6.07, 6.45) is 7.77. The molecule has 0 saturated carbocycles. The molecule has 1 saturated heterocycles. The lowest BCUT2D eigenvalue weighted by Gasteiger charge is -2.19. The maximum atomic E-state index is 5.40. The number of unbranched alkanes of at least 4 members (excludes halogenated alkanes) is 1. The lowest BCUT2D eigenvalue weighted by Crippen LogP contribution is -2.45. The van der Waals surface area contributed by atoms with E-state index in [4.69, 9.17) is 9.41 Å². The van der Waals surface area contributed by atoms with Crippen molar-refractivity contribution in [2.45, 2.75) is 38.6 Å². The fourth-order valence-electron chi connectivity index (χ4n) is 3.08. The third-order valence-corrected chi connectivity index (χ3v) is 4.53. The van der Waals surface area contributed by atoms with Gasteiger partial charge in [-0.3, -0.25) is 4.99 Å². The van der Waals surface area contributed by atoms with Gasteiger partial charge < -0.3 is 20.0 Å². The van der Waals surface area contributed by atoms with Crippen molar-refractivity contribution in [1.29, 1.82) is 0 Å². The smallest absolute Gasteiger partial charge is 0.191 e. The van der Waals surface area contributed by atoms with E-state index in [1.807, 2.05) is 30.5 Å². The molecular formula is C20H29N5O. The largest absolute Gasteiger partial charge is 0.469 e. The van der Waals surface area contributed by atoms with Gasteiger partial charge in [-0.15, -0.1) is 0 Å². The van der Waals surface area contributed by atoms with E-state index < -0.39 is 0 Å². The Kier molecular flexibility index (Phi) is 6.93. The first-order valence-corrected chi connectivity index (χ1v) is 9.58. The van der Waals surface area contributed by atoms with Crippen LogP contribution in [0.2, 0.25) is 0 Å². The second-order valence-electron chi connectivity index (χ2n) is 6.60. The molecule has 1 atom stereocenters. The van der Waals surface area contributed by atoms with Crippen molar-refractivity contribution in [3.63, 3.8) is 0 Å². The van der Waals surface area contributed by atoms with Crippen molar-refractivity contribution in [2.75, 3.05) is 31.1 Å². The first-order valence-electron chi connectivity index (χ1n) is 9.58. The second-order valence-corrected chi connectivity index (χ2v) is 6.60. The lowest BCUT2D eigenvalue weighted by molar-refractivity contribution is 0.506. The van der Waals surface area contributed by atoms with Gasteiger partial charge in [0, 0.05) is 44.8 Å². The van der Waals surface area contributed by atoms with Crippen LogP contribution >= 0.6 is 0 Å². The maximum absolute atomic E-state index is 5.40. The minimum Gasteiger partial charge on any atom is -0.469 e. The van der Waals surface area contributed by atoms with Crippen molar-refractivity contribution < 1.29 is 4.42 Å². The fraction of sp³-hybridized carbons (Fsp3) is 0.500. The average molecular weight is 355 g/mol. The number of guanidine groups is 1. The topological polar surface area (TPSA) is 65.7 Å². The molecule has 0 aromatic carbocycles. The zero-order valence-electron chi connectivity index (χ0n) is 15.5. The van der Waals surface area contributed by atoms with E-state index in [-0.39, 0.29) is 0 Å². The Hall–Kier alpha value is -2.50. The van der Waals surface area contributed by atoms with Gasteiger partial charge in [0.15, 0.2) is 5.96 Å². The van der Waals surface area contributed by atoms with Gasteiger partial charge in [0.25, 0.3) is 0 Å². The van der Waals surface area contributed by atoms with Gasteiger partial charge in [0.2, 0.25) is 0 Å². The highest BCUT2D eigenvalue weighted by Crippen LogP contribution is 2.17. The van der Waals surface area contributed by atoms with Crippen molar-refractivity contribution in [1.82, 2.24) is 15.6 Å². The zero-order valence-corrected chi connectivity index (χ0v) is 15.5. The molecule has 1 fully saturated rings. The van der Waals surface area contributed by atoms with Gasteiger partial charge in [-0.1, -0.05) is 19.4 Å². The molecule has 0 spiro atoms. The van der Waals surface area contributed by atoms with E-state index in [1.165, 1.54) is 0 Å². The van der Waals surface area contributed by atoms with Crippen molar-refractivity contribution in [3.8, 4) is 0 Å². The molecule has 140 valence electrons. The van der Waals surface area contributed by atoms with Crippen LogP contribution in [0, 0.1) is 0 Å². The normalized spacial score (nSPS) is 17.5. The van der Waals surface area contributed by atoms with Gasteiger partial charge in [-0.05, 0) is 37.1 Å². The number of pyridine rings is 1. The summed E-state index contributed by atoms with van der Waals surface area (Å²) < 4.78 is 5.40. The van der Waals surface area contributed by atoms with Crippen molar-refractivity contribution >= 4 is 11.8 Å². The molecule has 0 bridgehead atoms. The standard InChI is InChI=1S/C20H29N5O/c1-2-3-11-22-20(23-13-9-18-7-6-15-26-18)24-17-10-14-25(16-17)19-8-4-5-12-21-19/h4-8,12,15,17H,2-3,9-11,13-14,16H2,1H3,(H2,22,23,24). The van der Waals surface area contributed by atoms with E-state index in [9.17, 15) is 0 Å². The summed E-state index contributed by atoms with van der Waals surface area (Å²) in [6.45, 7) is 5.81. The summed E-state index contributed by atoms with van der Waals surface area (Å²) in [7, 11) is 0. The number of hydrogen-bond acceptors (Lipinski definition) is 4. The third-order valence-electron chi connectivity index (χ3n) is 4.53. The Balaban J connectivity index is 1.51. The average Bonchev–Trinajstić information content (AvgIpc) is 3.34. The molecule has 2 aromatic rings. The van der Waals surface area contributed by atoms with E-state index in [0.717, 1.165) is 69.4 Å². The van der Waals surface area contributed by atoms with Gasteiger partial charge in [0.1, 0.15) is 11.6 Å². The number of aromatic nitrogens is 1. The highest BCUT2D eigenvalue weighted by atomic mass is 16.3. The van der Waals surface area contributed by atoms with Crippen LogP contribution in [0.25, 0.3) is 0 Å². The summed E-state index contributed by atoms with van der Waals surface area (Å²) in [5, 5.41) is 7.04. The van der Waals surface area contributed by atoms with Crippen molar-refractivity contribution in [2.24, 2.45) is 4.99 Å². The minimum atomic E-state index is 0.383. The van der Waals surface area contributed by atoms with E-state index >= 15 is 0 Å². The number of nitrogens with zero attached hydrogens (tertiary/aromatic N) is 3. The van der Waals surface area contributed by atoms with Crippen LogP contribution in [0.4, 0.5) is 5.82 Å². The Morgan fingerprint density at radius 1 is 1.35 bits per heavy atom. The molecule has 3 rings (SSSR count). The highest BCUT2D eigenvalue weighted by Gasteiger charge is 2.24. The molecule has 1 aliphatic heterocycles. The third kappa shape index (κ3) is 5.51. The number of furan rings is 1. The fourth-order valence-corrected chi connectivity index (χ4v) is 3.08. The van der Waals surface area contributed by atoms with E-state index in [1.54, 1.807) is 6.26 Å². The van der Waals surface area contributed by atoms with Crippen molar-refractivity contribution in [3.05, 3.63) is 48.6 Å². The minimum absolute atomic E-state index is 0.383. The second kappa shape index (κ2) is 9.85. The van der Waals surface area contributed by atoms with Crippen LogP contribution in [0.5, 0.6) is 0 Å². The quantitative estimate of drug-likeness (QED) is 0.433. The predicted molar refractivity (Wildman–Crippen MR) is 106 cm³/mol. The molecule has 1 aliphatic rings. The lowest BCUT2D eigenvalue weighted by atomic mass is 10.2. The number of hydrogen-bond donors (Lipinski definition) is 2. The SMILES string of the molecule is CCCCN=C(NCCc1ccco1)NC1CCN(c2ccccn2)C1. The maximum Gasteiger partial charge on any atom is 0.191 e. The van der Waals surface area contributed by atoms with Crippen LogP contribution in [-0.2, 0) is 6.42 Å². The van der Waals surface area contributed by atoms with Crippen LogP contribution < -0.4 is 15.5 Å². The molecule has 0 aliphatic carbocycles. The first-order chi connectivity index (χ1) is 12.8. The van der Waals surface area contributed by atoms with Gasteiger partial charge in [-0.25, -0.2) is 4.98 Å². The number of rotatable bonds is 8. The molecule has 0 radical (unpaired) electrons. The number of anilines is 1. The zero-order chi connectivity index (χ0) is 18.0. The summed E-state index contributed by atoms with van der Waals surface area (Å²) in [5.41, 5.74) is 0. The molecule has 2 N–H and O–H groups in total. The molecule has 2 aromatic heterocycles. The van der Waals surface area contributed by atoms with E-state index in [2.05, 4.69) is 33.5 Å². The molecule has 3 heterocycles. The molecule has 0 amide bonds. The summed E-state index contributed by atoms with van der Waals surface area (Å²) in [5.74, 6) is 2.94. The summed E-state index contributed by atoms with van der Waals surface area (Å²) in [4.78, 5) is 11.5. The summed E-state index contributed by atoms with van der Waals surface area (Å²) >= 11 is 0. The Morgan fingerprint density at radius 3 is 3.08 bits per heavy atom. The highest BCUT2D eigenvalue weighted by molar-refractivity contribution is 5.80. The Bertz CT molecular complexity index is 656. The number of aliphatic imine (C=N–C) groups is 1. The molecule has 6 nitrogen and oxygen atoms in total. The van der Waals surface area contributed by atoms with Crippen LogP contribution in [0.1, 0.15) is 31.9 Å². The molecular weight excluding hydrogens is 326 g/mol. The monoisotopic (exact) mass is 355 g/mol. The predicted octanol–water partition coefficient (Wildman–Crippen LogP) is 2.83. The van der Waals surface area contributed by atoms with E-state index in [0.29, 0.717) is 6.04 Å². The van der Waals surface area contributed by atoms with Crippen LogP contribution in [0.3, 0.4) is 0 Å². The number of nitrogens with one attached hydrogen (secondary N) is 2. The Morgan fingerprint density at radius 2 is 2.31 bits per heavy atom. The van der Waals surface area contributed by atoms with Crippen LogP contribution in [-0.4, -0.2) is 43.2 Å². The Labute approximate surface area is 155 Å².